The van der Waals surface area contributed by atoms with Crippen LogP contribution in [0.3, 0.4) is 0 Å². The maximum Gasteiger partial charge on any atom is 0.417 e. The number of nitrogens with two attached hydrogens (primary N) is 1. The van der Waals surface area contributed by atoms with Gasteiger partial charge in [-0.2, -0.15) is 4.99 Å². The Morgan fingerprint density at radius 3 is 2.80 bits per heavy atom. The number of ether oxygens (including phenoxy) is 1. The summed E-state index contributed by atoms with van der Waals surface area (Å²) in [6, 6.07) is -0.589. The van der Waals surface area contributed by atoms with Gasteiger partial charge in [0.1, 0.15) is 6.04 Å². The Hall–Kier alpha value is -1.59. The van der Waals surface area contributed by atoms with Gasteiger partial charge in [-0.05, 0) is 13.3 Å². The summed E-state index contributed by atoms with van der Waals surface area (Å²) < 4.78 is 4.80. The van der Waals surface area contributed by atoms with E-state index in [9.17, 15) is 9.59 Å². The molecule has 0 saturated carbocycles. The molecule has 0 aromatic carbocycles. The lowest BCUT2D eigenvalue weighted by Gasteiger charge is -2.21. The average Bonchev–Trinajstić information content (AvgIpc) is 2.43. The van der Waals surface area contributed by atoms with E-state index in [4.69, 9.17) is 10.5 Å². The summed E-state index contributed by atoms with van der Waals surface area (Å²) >= 11 is 0. The fourth-order valence-corrected chi connectivity index (χ4v) is 1.45. The van der Waals surface area contributed by atoms with E-state index in [1.807, 2.05) is 6.92 Å². The van der Waals surface area contributed by atoms with Gasteiger partial charge in [0.25, 0.3) is 5.91 Å². The zero-order valence-corrected chi connectivity index (χ0v) is 8.90. The van der Waals surface area contributed by atoms with Crippen molar-refractivity contribution in [1.29, 1.82) is 0 Å². The molecule has 1 aliphatic rings. The molecule has 84 valence electrons. The lowest BCUT2D eigenvalue weighted by Crippen LogP contribution is -2.46. The minimum absolute atomic E-state index is 0.0723. The Labute approximate surface area is 88.1 Å². The summed E-state index contributed by atoms with van der Waals surface area (Å²) in [5.41, 5.74) is 5.48. The molecule has 0 radical (unpaired) electrons. The van der Waals surface area contributed by atoms with Crippen molar-refractivity contribution < 1.29 is 14.3 Å². The molecule has 1 heterocycles. The molecule has 1 aliphatic heterocycles. The normalized spacial score (nSPS) is 20.4. The van der Waals surface area contributed by atoms with Crippen molar-refractivity contribution in [3.05, 3.63) is 0 Å². The maximum atomic E-state index is 11.5. The van der Waals surface area contributed by atoms with E-state index in [0.29, 0.717) is 6.42 Å². The first-order valence-electron chi connectivity index (χ1n) is 4.95. The minimum Gasteiger partial charge on any atom is -0.449 e. The lowest BCUT2D eigenvalue weighted by molar-refractivity contribution is -0.120. The topological polar surface area (TPSA) is 85.0 Å². The van der Waals surface area contributed by atoms with Gasteiger partial charge in [0, 0.05) is 0 Å². The van der Waals surface area contributed by atoms with Crippen LogP contribution in [0.25, 0.3) is 0 Å². The number of aliphatic imine (C=N–C) groups is 1. The molecule has 0 fully saturated rings. The van der Waals surface area contributed by atoms with E-state index >= 15 is 0 Å². The molecule has 2 N–H and O–H groups in total. The highest BCUT2D eigenvalue weighted by molar-refractivity contribution is 6.09. The van der Waals surface area contributed by atoms with Crippen molar-refractivity contribution in [3.63, 3.8) is 0 Å². The van der Waals surface area contributed by atoms with Gasteiger partial charge in [-0.3, -0.25) is 4.79 Å². The largest absolute Gasteiger partial charge is 0.449 e. The number of carbonyl (C=O) groups excluding carboxylic acids is 2. The summed E-state index contributed by atoms with van der Waals surface area (Å²) in [7, 11) is 0. The predicted octanol–water partition coefficient (Wildman–Crippen LogP) is 0.469. The Morgan fingerprint density at radius 2 is 2.27 bits per heavy atom. The number of hydrogen-bond acceptors (Lipinski definition) is 4. The van der Waals surface area contributed by atoms with E-state index in [-0.39, 0.29) is 18.5 Å². The second-order valence-corrected chi connectivity index (χ2v) is 3.18. The molecule has 0 saturated heterocycles. The van der Waals surface area contributed by atoms with E-state index in [2.05, 4.69) is 4.99 Å². The number of nitrogens with zero attached hydrogens (tertiary/aromatic N) is 2. The van der Waals surface area contributed by atoms with Crippen molar-refractivity contribution >= 4 is 18.0 Å². The van der Waals surface area contributed by atoms with Gasteiger partial charge in [0.15, 0.2) is 0 Å². The van der Waals surface area contributed by atoms with Crippen LogP contribution in [-0.4, -0.2) is 35.5 Å². The van der Waals surface area contributed by atoms with E-state index in [0.717, 1.165) is 11.3 Å². The highest BCUT2D eigenvalue weighted by Crippen LogP contribution is 2.16. The van der Waals surface area contributed by atoms with Crippen LogP contribution in [0.4, 0.5) is 4.79 Å². The standard InChI is InChI=1S/C9H15N3O3/c1-3-5-6-7(13)11-8(10)12(6)9(14)15-4-2/h6H,3-5H2,1-2H3,(H2,10,11,13)/t6-/m0/s1. The van der Waals surface area contributed by atoms with Crippen LogP contribution in [0.1, 0.15) is 26.7 Å². The molecule has 1 rings (SSSR count). The third kappa shape index (κ3) is 2.26. The number of hydrogen-bond donors (Lipinski definition) is 1. The quantitative estimate of drug-likeness (QED) is 0.738. The minimum atomic E-state index is -0.608. The smallest absolute Gasteiger partial charge is 0.417 e. The summed E-state index contributed by atoms with van der Waals surface area (Å²) in [6.07, 6.45) is 0.708. The molecule has 0 aliphatic carbocycles. The van der Waals surface area contributed by atoms with Crippen LogP contribution >= 0.6 is 0 Å². The molecular formula is C9H15N3O3. The second kappa shape index (κ2) is 4.77. The summed E-state index contributed by atoms with van der Waals surface area (Å²) in [5, 5.41) is 0. The fourth-order valence-electron chi connectivity index (χ4n) is 1.45. The van der Waals surface area contributed by atoms with Gasteiger partial charge in [-0.1, -0.05) is 13.3 Å². The molecule has 1 atom stereocenters. The van der Waals surface area contributed by atoms with Gasteiger partial charge in [0.05, 0.1) is 6.61 Å². The molecular weight excluding hydrogens is 198 g/mol. The van der Waals surface area contributed by atoms with Crippen LogP contribution in [0, 0.1) is 0 Å². The fraction of sp³-hybridized carbons (Fsp3) is 0.667. The van der Waals surface area contributed by atoms with E-state index in [1.165, 1.54) is 0 Å². The Bertz CT molecular complexity index is 301. The number of carbonyl (C=O) groups is 2. The van der Waals surface area contributed by atoms with Gasteiger partial charge in [0.2, 0.25) is 5.96 Å². The van der Waals surface area contributed by atoms with Crippen LogP contribution in [0.5, 0.6) is 0 Å². The Morgan fingerprint density at radius 1 is 1.60 bits per heavy atom. The first-order chi connectivity index (χ1) is 7.11. The van der Waals surface area contributed by atoms with Crippen LogP contribution < -0.4 is 5.73 Å². The molecule has 6 nitrogen and oxygen atoms in total. The van der Waals surface area contributed by atoms with Gasteiger partial charge >= 0.3 is 6.09 Å². The molecule has 6 heteroatoms. The summed E-state index contributed by atoms with van der Waals surface area (Å²) in [5.74, 6) is -0.445. The Kier molecular flexibility index (Phi) is 3.65. The number of guanidine groups is 1. The zero-order valence-electron chi connectivity index (χ0n) is 8.90. The van der Waals surface area contributed by atoms with Gasteiger partial charge in [-0.15, -0.1) is 0 Å². The first kappa shape index (κ1) is 11.5. The molecule has 0 bridgehead atoms. The summed E-state index contributed by atoms with van der Waals surface area (Å²) in [6.45, 7) is 3.86. The monoisotopic (exact) mass is 213 g/mol. The zero-order chi connectivity index (χ0) is 11.4. The average molecular weight is 213 g/mol. The third-order valence-corrected chi connectivity index (χ3v) is 2.09. The molecule has 0 unspecified atom stereocenters. The molecule has 2 amide bonds. The predicted molar refractivity (Wildman–Crippen MR) is 54.2 cm³/mol. The highest BCUT2D eigenvalue weighted by atomic mass is 16.6. The molecule has 0 aromatic heterocycles. The van der Waals surface area contributed by atoms with Gasteiger partial charge in [-0.25, -0.2) is 9.69 Å². The molecule has 0 aromatic rings. The van der Waals surface area contributed by atoms with Crippen LogP contribution in [0.15, 0.2) is 4.99 Å². The third-order valence-electron chi connectivity index (χ3n) is 2.09. The highest BCUT2D eigenvalue weighted by Gasteiger charge is 2.38. The van der Waals surface area contributed by atoms with E-state index < -0.39 is 12.1 Å². The van der Waals surface area contributed by atoms with Crippen molar-refractivity contribution in [3.8, 4) is 0 Å². The van der Waals surface area contributed by atoms with Crippen LogP contribution in [-0.2, 0) is 9.53 Å². The molecule has 0 spiro atoms. The number of amides is 2. The van der Waals surface area contributed by atoms with Crippen molar-refractivity contribution in [2.24, 2.45) is 10.7 Å². The van der Waals surface area contributed by atoms with E-state index in [1.54, 1.807) is 6.92 Å². The second-order valence-electron chi connectivity index (χ2n) is 3.18. The first-order valence-corrected chi connectivity index (χ1v) is 4.95. The number of rotatable bonds is 3. The van der Waals surface area contributed by atoms with Crippen molar-refractivity contribution in [2.75, 3.05) is 6.61 Å². The SMILES string of the molecule is CCC[C@H]1C(=O)N=C(N)N1C(=O)OCC. The maximum absolute atomic E-state index is 11.5. The lowest BCUT2D eigenvalue weighted by atomic mass is 10.1. The van der Waals surface area contributed by atoms with Crippen LogP contribution in [0.2, 0.25) is 0 Å². The van der Waals surface area contributed by atoms with Crippen molar-refractivity contribution in [1.82, 2.24) is 4.90 Å². The summed E-state index contributed by atoms with van der Waals surface area (Å²) in [4.78, 5) is 27.5. The van der Waals surface area contributed by atoms with Gasteiger partial charge < -0.3 is 10.5 Å². The van der Waals surface area contributed by atoms with Crippen molar-refractivity contribution in [2.45, 2.75) is 32.7 Å². The molecule has 15 heavy (non-hydrogen) atoms. The Balaban J connectivity index is 2.79.